The lowest BCUT2D eigenvalue weighted by Gasteiger charge is -2.31. The molecule has 0 bridgehead atoms. The molecule has 2 aromatic heterocycles. The highest BCUT2D eigenvalue weighted by Crippen LogP contribution is 2.35. The topological polar surface area (TPSA) is 71.8 Å². The van der Waals surface area contributed by atoms with Crippen molar-refractivity contribution in [1.82, 2.24) is 20.1 Å². The fourth-order valence-electron chi connectivity index (χ4n) is 4.74. The molecule has 2 atom stereocenters. The summed E-state index contributed by atoms with van der Waals surface area (Å²) in [6.45, 7) is 0.563. The first-order valence-corrected chi connectivity index (χ1v) is 12.4. The molecule has 0 spiro atoms. The van der Waals surface area contributed by atoms with Crippen LogP contribution in [-0.2, 0) is 12.7 Å². The number of amides is 1. The Balaban J connectivity index is 1.27. The molecule has 0 aliphatic heterocycles. The van der Waals surface area contributed by atoms with Gasteiger partial charge in [0.05, 0.1) is 23.8 Å². The first-order chi connectivity index (χ1) is 17.7. The SMILES string of the molecule is O=C(N[C@@H]1CCC[C@H](Nc2cc(C(F)(F)F)nc3ccc(Cl)cc23)C1)c1cnn(Cc2ccccc2)c1. The lowest BCUT2D eigenvalue weighted by Crippen LogP contribution is -2.41. The Hall–Kier alpha value is -3.59. The van der Waals surface area contributed by atoms with E-state index in [0.29, 0.717) is 34.6 Å². The summed E-state index contributed by atoms with van der Waals surface area (Å²) in [5.41, 5.74) is 1.14. The van der Waals surface area contributed by atoms with Gasteiger partial charge in [-0.25, -0.2) is 4.98 Å². The van der Waals surface area contributed by atoms with Crippen LogP contribution < -0.4 is 10.6 Å². The molecule has 1 saturated carbocycles. The average Bonchev–Trinajstić information content (AvgIpc) is 3.33. The fraction of sp³-hybridized carbons (Fsp3) is 0.296. The molecule has 2 aromatic carbocycles. The predicted molar refractivity (Wildman–Crippen MR) is 137 cm³/mol. The number of fused-ring (bicyclic) bond motifs is 1. The summed E-state index contributed by atoms with van der Waals surface area (Å²) >= 11 is 6.12. The second-order valence-electron chi connectivity index (χ2n) is 9.30. The van der Waals surface area contributed by atoms with Gasteiger partial charge in [-0.1, -0.05) is 41.9 Å². The van der Waals surface area contributed by atoms with E-state index in [1.54, 1.807) is 23.1 Å². The lowest BCUT2D eigenvalue weighted by molar-refractivity contribution is -0.140. The van der Waals surface area contributed by atoms with Gasteiger partial charge >= 0.3 is 6.18 Å². The molecule has 0 radical (unpaired) electrons. The molecule has 1 amide bonds. The van der Waals surface area contributed by atoms with Gasteiger partial charge in [0.1, 0.15) is 5.69 Å². The average molecular weight is 528 g/mol. The highest BCUT2D eigenvalue weighted by molar-refractivity contribution is 6.31. The largest absolute Gasteiger partial charge is 0.433 e. The van der Waals surface area contributed by atoms with E-state index >= 15 is 0 Å². The molecule has 0 unspecified atom stereocenters. The highest BCUT2D eigenvalue weighted by Gasteiger charge is 2.34. The number of hydrogen-bond acceptors (Lipinski definition) is 4. The van der Waals surface area contributed by atoms with Crippen LogP contribution in [-0.4, -0.2) is 32.8 Å². The molecule has 2 N–H and O–H groups in total. The number of carbonyl (C=O) groups excluding carboxylic acids is 1. The number of benzene rings is 2. The molecule has 37 heavy (non-hydrogen) atoms. The monoisotopic (exact) mass is 527 g/mol. The summed E-state index contributed by atoms with van der Waals surface area (Å²) in [7, 11) is 0. The fourth-order valence-corrected chi connectivity index (χ4v) is 4.91. The van der Waals surface area contributed by atoms with E-state index in [2.05, 4.69) is 20.7 Å². The van der Waals surface area contributed by atoms with Crippen molar-refractivity contribution >= 4 is 34.1 Å². The second-order valence-corrected chi connectivity index (χ2v) is 9.74. The van der Waals surface area contributed by atoms with Crippen LogP contribution >= 0.6 is 11.6 Å². The Bertz CT molecular complexity index is 1410. The molecule has 192 valence electrons. The van der Waals surface area contributed by atoms with Gasteiger partial charge in [0, 0.05) is 34.4 Å². The molecular formula is C27H25ClF3N5O. The number of pyridine rings is 1. The third kappa shape index (κ3) is 6.05. The van der Waals surface area contributed by atoms with E-state index < -0.39 is 11.9 Å². The maximum Gasteiger partial charge on any atom is 0.433 e. The van der Waals surface area contributed by atoms with Gasteiger partial charge in [-0.15, -0.1) is 0 Å². The van der Waals surface area contributed by atoms with Crippen LogP contribution in [0.1, 0.15) is 47.3 Å². The molecular weight excluding hydrogens is 503 g/mol. The van der Waals surface area contributed by atoms with Crippen molar-refractivity contribution in [3.8, 4) is 0 Å². The van der Waals surface area contributed by atoms with Crippen molar-refractivity contribution in [2.75, 3.05) is 5.32 Å². The Labute approximate surface area is 216 Å². The zero-order valence-corrected chi connectivity index (χ0v) is 20.6. The van der Waals surface area contributed by atoms with Crippen molar-refractivity contribution in [1.29, 1.82) is 0 Å². The van der Waals surface area contributed by atoms with Crippen LogP contribution in [0.3, 0.4) is 0 Å². The summed E-state index contributed by atoms with van der Waals surface area (Å²) in [5.74, 6) is -0.217. The van der Waals surface area contributed by atoms with Crippen molar-refractivity contribution in [2.45, 2.75) is 50.5 Å². The zero-order valence-electron chi connectivity index (χ0n) is 19.8. The van der Waals surface area contributed by atoms with Gasteiger partial charge in [-0.2, -0.15) is 18.3 Å². The van der Waals surface area contributed by atoms with Gasteiger partial charge in [-0.3, -0.25) is 9.48 Å². The van der Waals surface area contributed by atoms with Gasteiger partial charge < -0.3 is 10.6 Å². The van der Waals surface area contributed by atoms with Crippen LogP contribution in [0.25, 0.3) is 10.9 Å². The first kappa shape index (κ1) is 25.1. The van der Waals surface area contributed by atoms with Gasteiger partial charge in [0.2, 0.25) is 0 Å². The lowest BCUT2D eigenvalue weighted by atomic mass is 9.90. The van der Waals surface area contributed by atoms with Gasteiger partial charge in [-0.05, 0) is 55.5 Å². The van der Waals surface area contributed by atoms with Crippen LogP contribution in [0.4, 0.5) is 18.9 Å². The first-order valence-electron chi connectivity index (χ1n) is 12.1. The number of alkyl halides is 3. The minimum Gasteiger partial charge on any atom is -0.382 e. The summed E-state index contributed by atoms with van der Waals surface area (Å²) in [5, 5.41) is 11.6. The van der Waals surface area contributed by atoms with E-state index in [1.807, 2.05) is 30.3 Å². The summed E-state index contributed by atoms with van der Waals surface area (Å²) in [6.07, 6.45) is 1.65. The Morgan fingerprint density at radius 2 is 1.86 bits per heavy atom. The van der Waals surface area contributed by atoms with Gasteiger partial charge in [0.15, 0.2) is 0 Å². The van der Waals surface area contributed by atoms with Crippen molar-refractivity contribution < 1.29 is 18.0 Å². The van der Waals surface area contributed by atoms with Crippen LogP contribution in [0.2, 0.25) is 5.02 Å². The molecule has 1 aliphatic carbocycles. The number of nitrogens with zero attached hydrogens (tertiary/aromatic N) is 3. The predicted octanol–water partition coefficient (Wildman–Crippen LogP) is 6.30. The third-order valence-electron chi connectivity index (χ3n) is 6.51. The van der Waals surface area contributed by atoms with E-state index in [9.17, 15) is 18.0 Å². The number of anilines is 1. The number of hydrogen-bond donors (Lipinski definition) is 2. The molecule has 10 heteroatoms. The zero-order chi connectivity index (χ0) is 26.0. The smallest absolute Gasteiger partial charge is 0.382 e. The molecule has 4 aromatic rings. The van der Waals surface area contributed by atoms with Crippen LogP contribution in [0.5, 0.6) is 0 Å². The highest BCUT2D eigenvalue weighted by atomic mass is 35.5. The molecule has 1 fully saturated rings. The summed E-state index contributed by atoms with van der Waals surface area (Å²) in [4.78, 5) is 16.6. The van der Waals surface area contributed by atoms with E-state index in [1.165, 1.54) is 12.1 Å². The van der Waals surface area contributed by atoms with Crippen molar-refractivity contribution in [3.63, 3.8) is 0 Å². The minimum absolute atomic E-state index is 0.116. The maximum atomic E-state index is 13.5. The van der Waals surface area contributed by atoms with E-state index in [-0.39, 0.29) is 23.5 Å². The van der Waals surface area contributed by atoms with Crippen molar-refractivity contribution in [3.05, 3.63) is 88.8 Å². The van der Waals surface area contributed by atoms with Crippen LogP contribution in [0.15, 0.2) is 67.0 Å². The molecule has 5 rings (SSSR count). The second kappa shape index (κ2) is 10.4. The van der Waals surface area contributed by atoms with E-state index in [0.717, 1.165) is 30.9 Å². The number of carbonyl (C=O) groups is 1. The molecule has 6 nitrogen and oxygen atoms in total. The third-order valence-corrected chi connectivity index (χ3v) is 6.75. The van der Waals surface area contributed by atoms with Gasteiger partial charge in [0.25, 0.3) is 5.91 Å². The number of nitrogens with one attached hydrogen (secondary N) is 2. The molecule has 2 heterocycles. The minimum atomic E-state index is -4.57. The van der Waals surface area contributed by atoms with Crippen molar-refractivity contribution in [2.24, 2.45) is 0 Å². The number of aromatic nitrogens is 3. The Morgan fingerprint density at radius 3 is 2.65 bits per heavy atom. The Morgan fingerprint density at radius 1 is 1.08 bits per heavy atom. The normalized spacial score (nSPS) is 18.1. The molecule has 0 saturated heterocycles. The standard InChI is InChI=1S/C27H25ClF3N5O/c28-19-9-10-23-22(11-19)24(13-25(35-23)27(29,30)31)33-20-7-4-8-21(12-20)34-26(37)18-14-32-36(16-18)15-17-5-2-1-3-6-17/h1-3,5-6,9-11,13-14,16,20-21H,4,7-8,12,15H2,(H,33,35)(H,34,37)/t20-,21+/m0/s1. The maximum absolute atomic E-state index is 13.5. The molecule has 1 aliphatic rings. The Kier molecular flexibility index (Phi) is 7.06. The summed E-state index contributed by atoms with van der Waals surface area (Å²) in [6, 6.07) is 15.3. The number of rotatable bonds is 6. The quantitative estimate of drug-likeness (QED) is 0.308. The van der Waals surface area contributed by atoms with Crippen LogP contribution in [0, 0.1) is 0 Å². The number of halogens is 4. The van der Waals surface area contributed by atoms with E-state index in [4.69, 9.17) is 11.6 Å². The summed E-state index contributed by atoms with van der Waals surface area (Å²) < 4.78 is 42.1.